The first-order valence-electron chi connectivity index (χ1n) is 12.5. The monoisotopic (exact) mass is 502 g/mol. The van der Waals surface area contributed by atoms with Gasteiger partial charge in [-0.15, -0.1) is 0 Å². The van der Waals surface area contributed by atoms with E-state index in [0.29, 0.717) is 59.6 Å². The Kier molecular flexibility index (Phi) is 7.22. The molecule has 188 valence electrons. The number of hydrogen-bond acceptors (Lipinski definition) is 4. The molecule has 1 aliphatic heterocycles. The number of carbonyl (C=O) groups is 4. The van der Waals surface area contributed by atoms with Crippen LogP contribution in [0.25, 0.3) is 0 Å². The molecule has 2 amide bonds. The van der Waals surface area contributed by atoms with Gasteiger partial charge in [0.1, 0.15) is 0 Å². The maximum atomic E-state index is 13.4. The SMILES string of the molecule is O=C(c1ccccc1)c1ccc(C(=O)N2CCN(C(=O)c3ccccc3C(=O)c3ccccc3)CC2)cc1. The largest absolute Gasteiger partial charge is 0.335 e. The molecule has 0 aromatic heterocycles. The van der Waals surface area contributed by atoms with E-state index in [1.165, 1.54) is 0 Å². The predicted molar refractivity (Wildman–Crippen MR) is 144 cm³/mol. The minimum atomic E-state index is -0.222. The molecule has 6 heteroatoms. The number of nitrogens with zero attached hydrogens (tertiary/aromatic N) is 2. The number of amides is 2. The van der Waals surface area contributed by atoms with Gasteiger partial charge in [-0.3, -0.25) is 19.2 Å². The van der Waals surface area contributed by atoms with E-state index in [4.69, 9.17) is 0 Å². The maximum absolute atomic E-state index is 13.4. The Hall–Kier alpha value is -4.84. The van der Waals surface area contributed by atoms with Crippen LogP contribution in [-0.2, 0) is 0 Å². The first-order valence-corrected chi connectivity index (χ1v) is 12.5. The standard InChI is InChI=1S/C32H26N2O4/c35-29(23-9-3-1-4-10-23)25-15-17-26(18-16-25)31(37)33-19-21-34(22-20-33)32(38)28-14-8-7-13-27(28)30(36)24-11-5-2-6-12-24/h1-18H,19-22H2. The Morgan fingerprint density at radius 1 is 0.395 bits per heavy atom. The van der Waals surface area contributed by atoms with E-state index in [0.717, 1.165) is 0 Å². The van der Waals surface area contributed by atoms with Crippen molar-refractivity contribution in [3.05, 3.63) is 143 Å². The van der Waals surface area contributed by atoms with Gasteiger partial charge in [-0.1, -0.05) is 91.0 Å². The highest BCUT2D eigenvalue weighted by atomic mass is 16.2. The molecule has 1 heterocycles. The molecule has 38 heavy (non-hydrogen) atoms. The van der Waals surface area contributed by atoms with Gasteiger partial charge < -0.3 is 9.80 Å². The first kappa shape index (κ1) is 24.8. The highest BCUT2D eigenvalue weighted by molar-refractivity contribution is 6.15. The number of rotatable bonds is 6. The van der Waals surface area contributed by atoms with Gasteiger partial charge in [0.15, 0.2) is 11.6 Å². The Morgan fingerprint density at radius 3 is 1.34 bits per heavy atom. The minimum Gasteiger partial charge on any atom is -0.335 e. The van der Waals surface area contributed by atoms with E-state index < -0.39 is 0 Å². The van der Waals surface area contributed by atoms with Gasteiger partial charge in [0.2, 0.25) is 0 Å². The fraction of sp³-hybridized carbons (Fsp3) is 0.125. The van der Waals surface area contributed by atoms with Crippen molar-refractivity contribution >= 4 is 23.4 Å². The fourth-order valence-corrected chi connectivity index (χ4v) is 4.60. The highest BCUT2D eigenvalue weighted by Crippen LogP contribution is 2.19. The second-order valence-electron chi connectivity index (χ2n) is 9.10. The summed E-state index contributed by atoms with van der Waals surface area (Å²) in [5.41, 5.74) is 2.87. The fourth-order valence-electron chi connectivity index (χ4n) is 4.60. The van der Waals surface area contributed by atoms with Gasteiger partial charge in [0.05, 0.1) is 5.56 Å². The quantitative estimate of drug-likeness (QED) is 0.357. The second kappa shape index (κ2) is 11.0. The van der Waals surface area contributed by atoms with E-state index in [1.807, 2.05) is 24.3 Å². The molecule has 5 rings (SSSR count). The van der Waals surface area contributed by atoms with Crippen molar-refractivity contribution in [3.8, 4) is 0 Å². The molecule has 4 aromatic rings. The molecule has 0 saturated carbocycles. The summed E-state index contributed by atoms with van der Waals surface area (Å²) in [5.74, 6) is -0.656. The molecule has 0 spiro atoms. The third-order valence-electron chi connectivity index (χ3n) is 6.72. The van der Waals surface area contributed by atoms with Crippen LogP contribution in [0.1, 0.15) is 52.6 Å². The normalized spacial score (nSPS) is 13.2. The van der Waals surface area contributed by atoms with Crippen molar-refractivity contribution in [2.24, 2.45) is 0 Å². The summed E-state index contributed by atoms with van der Waals surface area (Å²) in [7, 11) is 0. The molecular formula is C32H26N2O4. The Morgan fingerprint density at radius 2 is 0.789 bits per heavy atom. The van der Waals surface area contributed by atoms with Crippen molar-refractivity contribution in [1.29, 1.82) is 0 Å². The topological polar surface area (TPSA) is 74.8 Å². The van der Waals surface area contributed by atoms with Crippen LogP contribution in [0.15, 0.2) is 109 Å². The molecule has 4 aromatic carbocycles. The van der Waals surface area contributed by atoms with Crippen LogP contribution in [0.5, 0.6) is 0 Å². The number of carbonyl (C=O) groups excluding carboxylic acids is 4. The van der Waals surface area contributed by atoms with Gasteiger partial charge in [-0.05, 0) is 18.2 Å². The maximum Gasteiger partial charge on any atom is 0.254 e. The van der Waals surface area contributed by atoms with E-state index >= 15 is 0 Å². The summed E-state index contributed by atoms with van der Waals surface area (Å²) >= 11 is 0. The van der Waals surface area contributed by atoms with Crippen LogP contribution >= 0.6 is 0 Å². The second-order valence-corrected chi connectivity index (χ2v) is 9.10. The minimum absolute atomic E-state index is 0.0947. The first-order chi connectivity index (χ1) is 18.5. The number of piperazine rings is 1. The van der Waals surface area contributed by atoms with Crippen molar-refractivity contribution in [2.75, 3.05) is 26.2 Å². The molecule has 0 radical (unpaired) electrons. The van der Waals surface area contributed by atoms with Gasteiger partial charge in [-0.25, -0.2) is 0 Å². The van der Waals surface area contributed by atoms with Crippen molar-refractivity contribution in [3.63, 3.8) is 0 Å². The van der Waals surface area contributed by atoms with Crippen molar-refractivity contribution < 1.29 is 19.2 Å². The molecule has 0 aliphatic carbocycles. The average molecular weight is 503 g/mol. The number of benzene rings is 4. The molecule has 0 atom stereocenters. The Bertz CT molecular complexity index is 1470. The lowest BCUT2D eigenvalue weighted by molar-refractivity contribution is 0.0534. The lowest BCUT2D eigenvalue weighted by Crippen LogP contribution is -2.50. The Balaban J connectivity index is 1.23. The summed E-state index contributed by atoms with van der Waals surface area (Å²) in [4.78, 5) is 55.5. The van der Waals surface area contributed by atoms with Crippen molar-refractivity contribution in [2.45, 2.75) is 0 Å². The summed E-state index contributed by atoms with van der Waals surface area (Å²) in [5, 5.41) is 0. The predicted octanol–water partition coefficient (Wildman–Crippen LogP) is 4.75. The lowest BCUT2D eigenvalue weighted by Gasteiger charge is -2.35. The zero-order valence-electron chi connectivity index (χ0n) is 20.7. The smallest absolute Gasteiger partial charge is 0.254 e. The third-order valence-corrected chi connectivity index (χ3v) is 6.72. The molecule has 1 saturated heterocycles. The average Bonchev–Trinajstić information content (AvgIpc) is 3.00. The molecule has 0 bridgehead atoms. The number of hydrogen-bond donors (Lipinski definition) is 0. The zero-order chi connectivity index (χ0) is 26.5. The lowest BCUT2D eigenvalue weighted by atomic mass is 9.97. The van der Waals surface area contributed by atoms with Crippen LogP contribution in [0.3, 0.4) is 0 Å². The van der Waals surface area contributed by atoms with Gasteiger partial charge in [0.25, 0.3) is 11.8 Å². The van der Waals surface area contributed by atoms with E-state index in [-0.39, 0.29) is 23.4 Å². The molecule has 6 nitrogen and oxygen atoms in total. The van der Waals surface area contributed by atoms with E-state index in [2.05, 4.69) is 0 Å². The van der Waals surface area contributed by atoms with Crippen LogP contribution < -0.4 is 0 Å². The molecule has 0 N–H and O–H groups in total. The zero-order valence-corrected chi connectivity index (χ0v) is 20.7. The van der Waals surface area contributed by atoms with Gasteiger partial charge >= 0.3 is 0 Å². The molecule has 1 aliphatic rings. The van der Waals surface area contributed by atoms with Crippen LogP contribution in [-0.4, -0.2) is 59.4 Å². The number of ketones is 2. The summed E-state index contributed by atoms with van der Waals surface area (Å²) in [6, 6.07) is 31.4. The van der Waals surface area contributed by atoms with Gasteiger partial charge in [-0.2, -0.15) is 0 Å². The van der Waals surface area contributed by atoms with E-state index in [9.17, 15) is 19.2 Å². The summed E-state index contributed by atoms with van der Waals surface area (Å²) in [6.45, 7) is 1.49. The summed E-state index contributed by atoms with van der Waals surface area (Å²) in [6.07, 6.45) is 0. The molecule has 1 fully saturated rings. The van der Waals surface area contributed by atoms with Crippen LogP contribution in [0.4, 0.5) is 0 Å². The Labute approximate surface area is 221 Å². The molecule has 0 unspecified atom stereocenters. The molecular weight excluding hydrogens is 476 g/mol. The van der Waals surface area contributed by atoms with Gasteiger partial charge in [0, 0.05) is 54.0 Å². The van der Waals surface area contributed by atoms with Crippen molar-refractivity contribution in [1.82, 2.24) is 9.80 Å². The van der Waals surface area contributed by atoms with Crippen LogP contribution in [0.2, 0.25) is 0 Å². The van der Waals surface area contributed by atoms with E-state index in [1.54, 1.807) is 94.7 Å². The highest BCUT2D eigenvalue weighted by Gasteiger charge is 2.28. The third kappa shape index (κ3) is 5.15. The van der Waals surface area contributed by atoms with Crippen LogP contribution in [0, 0.1) is 0 Å². The summed E-state index contributed by atoms with van der Waals surface area (Å²) < 4.78 is 0.